The summed E-state index contributed by atoms with van der Waals surface area (Å²) in [5.41, 5.74) is 0.913. The van der Waals surface area contributed by atoms with Crippen molar-refractivity contribution >= 4 is 29.1 Å². The normalized spacial score (nSPS) is 15.0. The van der Waals surface area contributed by atoms with Crippen LogP contribution in [0.5, 0.6) is 5.75 Å². The smallest absolute Gasteiger partial charge is 0.265 e. The monoisotopic (exact) mass is 402 g/mol. The van der Waals surface area contributed by atoms with Gasteiger partial charge >= 0.3 is 0 Å². The van der Waals surface area contributed by atoms with Gasteiger partial charge in [0.2, 0.25) is 0 Å². The van der Waals surface area contributed by atoms with Crippen LogP contribution in [0.15, 0.2) is 48.5 Å². The lowest BCUT2D eigenvalue weighted by molar-refractivity contribution is -0.122. The number of amides is 2. The van der Waals surface area contributed by atoms with E-state index < -0.39 is 6.10 Å². The summed E-state index contributed by atoms with van der Waals surface area (Å²) in [6.07, 6.45) is -0.275. The second-order valence-electron chi connectivity index (χ2n) is 6.38. The summed E-state index contributed by atoms with van der Waals surface area (Å²) in [4.78, 5) is 27.4. The van der Waals surface area contributed by atoms with E-state index in [0.717, 1.165) is 0 Å². The first-order chi connectivity index (χ1) is 13.6. The number of anilines is 1. The molecule has 3 rings (SSSR count). The number of nitrogens with one attached hydrogen (secondary N) is 1. The molecule has 1 heterocycles. The number of carbonyl (C=O) groups excluding carboxylic acids is 2. The second-order valence-corrected chi connectivity index (χ2v) is 6.79. The highest BCUT2D eigenvalue weighted by atomic mass is 35.5. The van der Waals surface area contributed by atoms with Crippen LogP contribution in [0.2, 0.25) is 5.02 Å². The maximum Gasteiger partial charge on any atom is 0.265 e. The van der Waals surface area contributed by atoms with Gasteiger partial charge in [-0.2, -0.15) is 0 Å². The van der Waals surface area contributed by atoms with E-state index in [9.17, 15) is 9.59 Å². The number of para-hydroxylation sites is 2. The van der Waals surface area contributed by atoms with E-state index in [0.29, 0.717) is 54.7 Å². The van der Waals surface area contributed by atoms with Gasteiger partial charge in [0.05, 0.1) is 29.5 Å². The Balaban J connectivity index is 1.74. The van der Waals surface area contributed by atoms with Crippen LogP contribution in [-0.2, 0) is 9.53 Å². The van der Waals surface area contributed by atoms with Crippen molar-refractivity contribution in [3.8, 4) is 5.75 Å². The molecule has 0 aliphatic carbocycles. The van der Waals surface area contributed by atoms with Crippen molar-refractivity contribution in [2.45, 2.75) is 19.4 Å². The first kappa shape index (κ1) is 20.2. The van der Waals surface area contributed by atoms with Gasteiger partial charge in [0.15, 0.2) is 6.10 Å². The number of benzene rings is 2. The van der Waals surface area contributed by atoms with Crippen LogP contribution in [0.25, 0.3) is 0 Å². The fourth-order valence-electron chi connectivity index (χ4n) is 2.94. The van der Waals surface area contributed by atoms with Gasteiger partial charge in [0.25, 0.3) is 11.8 Å². The third kappa shape index (κ3) is 4.82. The summed E-state index contributed by atoms with van der Waals surface area (Å²) in [5.74, 6) is -0.00670. The van der Waals surface area contributed by atoms with Crippen molar-refractivity contribution in [2.24, 2.45) is 0 Å². The van der Waals surface area contributed by atoms with Crippen LogP contribution in [0.4, 0.5) is 5.69 Å². The Morgan fingerprint density at radius 3 is 2.54 bits per heavy atom. The van der Waals surface area contributed by atoms with Crippen molar-refractivity contribution in [3.63, 3.8) is 0 Å². The minimum absolute atomic E-state index is 0.126. The summed E-state index contributed by atoms with van der Waals surface area (Å²) < 4.78 is 11.1. The average Bonchev–Trinajstić information content (AvgIpc) is 2.73. The number of carbonyl (C=O) groups is 2. The van der Waals surface area contributed by atoms with Crippen LogP contribution in [0.1, 0.15) is 23.7 Å². The Morgan fingerprint density at radius 2 is 1.82 bits per heavy atom. The highest BCUT2D eigenvalue weighted by Crippen LogP contribution is 2.25. The molecule has 0 saturated carbocycles. The molecule has 1 aliphatic heterocycles. The number of hydrogen-bond donors (Lipinski definition) is 1. The summed E-state index contributed by atoms with van der Waals surface area (Å²) in [5, 5.41) is 3.28. The fourth-order valence-corrected chi connectivity index (χ4v) is 3.12. The summed E-state index contributed by atoms with van der Waals surface area (Å²) in [6, 6.07) is 14.0. The van der Waals surface area contributed by atoms with Crippen LogP contribution in [-0.4, -0.2) is 49.1 Å². The van der Waals surface area contributed by atoms with Crippen molar-refractivity contribution in [1.29, 1.82) is 0 Å². The van der Waals surface area contributed by atoms with Crippen LogP contribution < -0.4 is 10.1 Å². The number of halogens is 1. The predicted molar refractivity (Wildman–Crippen MR) is 108 cm³/mol. The second kappa shape index (κ2) is 9.57. The average molecular weight is 403 g/mol. The number of ether oxygens (including phenoxy) is 2. The van der Waals surface area contributed by atoms with Gasteiger partial charge in [-0.15, -0.1) is 0 Å². The summed E-state index contributed by atoms with van der Waals surface area (Å²) >= 11 is 6.13. The Morgan fingerprint density at radius 1 is 1.14 bits per heavy atom. The Labute approximate surface area is 169 Å². The van der Waals surface area contributed by atoms with Crippen molar-refractivity contribution in [1.82, 2.24) is 4.90 Å². The molecule has 1 aliphatic rings. The predicted octanol–water partition coefficient (Wildman–Crippen LogP) is 3.61. The third-order valence-corrected chi connectivity index (χ3v) is 4.79. The molecule has 0 bridgehead atoms. The molecule has 7 heteroatoms. The zero-order valence-corrected chi connectivity index (χ0v) is 16.4. The van der Waals surface area contributed by atoms with Gasteiger partial charge in [-0.3, -0.25) is 9.59 Å². The maximum atomic E-state index is 12.8. The summed E-state index contributed by atoms with van der Waals surface area (Å²) in [6.45, 7) is 3.96. The SMILES string of the molecule is CC[C@H](Oc1ccccc1Cl)C(=O)Nc1ccccc1C(=O)N1CCOCC1. The van der Waals surface area contributed by atoms with Crippen LogP contribution in [0.3, 0.4) is 0 Å². The van der Waals surface area contributed by atoms with Crippen molar-refractivity contribution in [2.75, 3.05) is 31.6 Å². The van der Waals surface area contributed by atoms with Crippen molar-refractivity contribution in [3.05, 3.63) is 59.1 Å². The largest absolute Gasteiger partial charge is 0.479 e. The summed E-state index contributed by atoms with van der Waals surface area (Å²) in [7, 11) is 0. The van der Waals surface area contributed by atoms with Gasteiger partial charge in [0, 0.05) is 13.1 Å². The van der Waals surface area contributed by atoms with E-state index in [1.54, 1.807) is 53.4 Å². The molecule has 1 atom stereocenters. The minimum Gasteiger partial charge on any atom is -0.479 e. The molecule has 0 unspecified atom stereocenters. The van der Waals surface area contributed by atoms with E-state index in [2.05, 4.69) is 5.32 Å². The highest BCUT2D eigenvalue weighted by Gasteiger charge is 2.24. The molecule has 0 spiro atoms. The zero-order chi connectivity index (χ0) is 19.9. The molecule has 2 aromatic carbocycles. The van der Waals surface area contributed by atoms with Crippen LogP contribution >= 0.6 is 11.6 Å². The molecule has 2 aromatic rings. The van der Waals surface area contributed by atoms with Gasteiger partial charge in [-0.1, -0.05) is 42.8 Å². The van der Waals surface area contributed by atoms with Gasteiger partial charge in [-0.05, 0) is 30.7 Å². The molecular weight excluding hydrogens is 380 g/mol. The quantitative estimate of drug-likeness (QED) is 0.801. The Kier molecular flexibility index (Phi) is 6.90. The number of hydrogen-bond acceptors (Lipinski definition) is 4. The van der Waals surface area contributed by atoms with E-state index in [1.165, 1.54) is 0 Å². The molecule has 1 N–H and O–H groups in total. The Bertz CT molecular complexity index is 837. The lowest BCUT2D eigenvalue weighted by Crippen LogP contribution is -2.41. The zero-order valence-electron chi connectivity index (χ0n) is 15.7. The molecule has 0 radical (unpaired) electrons. The van der Waals surface area contributed by atoms with E-state index >= 15 is 0 Å². The number of rotatable bonds is 6. The first-order valence-electron chi connectivity index (χ1n) is 9.28. The lowest BCUT2D eigenvalue weighted by atomic mass is 10.1. The highest BCUT2D eigenvalue weighted by molar-refractivity contribution is 6.32. The number of nitrogens with zero attached hydrogens (tertiary/aromatic N) is 1. The fraction of sp³-hybridized carbons (Fsp3) is 0.333. The molecule has 1 saturated heterocycles. The molecule has 28 heavy (non-hydrogen) atoms. The van der Waals surface area contributed by atoms with E-state index in [-0.39, 0.29) is 11.8 Å². The maximum absolute atomic E-state index is 12.8. The molecule has 6 nitrogen and oxygen atoms in total. The van der Waals surface area contributed by atoms with E-state index in [1.807, 2.05) is 6.92 Å². The first-order valence-corrected chi connectivity index (χ1v) is 9.66. The number of morpholine rings is 1. The lowest BCUT2D eigenvalue weighted by Gasteiger charge is -2.27. The topological polar surface area (TPSA) is 67.9 Å². The molecule has 2 amide bonds. The van der Waals surface area contributed by atoms with Gasteiger partial charge < -0.3 is 19.7 Å². The van der Waals surface area contributed by atoms with Crippen molar-refractivity contribution < 1.29 is 19.1 Å². The standard InChI is InChI=1S/C21H23ClN2O4/c1-2-18(28-19-10-6-4-8-16(19)22)20(25)23-17-9-5-3-7-15(17)21(26)24-11-13-27-14-12-24/h3-10,18H,2,11-14H2,1H3,(H,23,25)/t18-/m0/s1. The molecule has 148 valence electrons. The molecular formula is C21H23ClN2O4. The molecule has 1 fully saturated rings. The third-order valence-electron chi connectivity index (χ3n) is 4.48. The van der Waals surface area contributed by atoms with Gasteiger partial charge in [-0.25, -0.2) is 0 Å². The van der Waals surface area contributed by atoms with Crippen LogP contribution in [0, 0.1) is 0 Å². The Hall–Kier alpha value is -2.57. The molecule has 0 aromatic heterocycles. The minimum atomic E-state index is -0.730. The van der Waals surface area contributed by atoms with E-state index in [4.69, 9.17) is 21.1 Å². The van der Waals surface area contributed by atoms with Gasteiger partial charge in [0.1, 0.15) is 5.75 Å².